The molecule has 2 rings (SSSR count). The van der Waals surface area contributed by atoms with Crippen LogP contribution in [0.1, 0.15) is 15.9 Å². The van der Waals surface area contributed by atoms with E-state index in [0.29, 0.717) is 31.4 Å². The fourth-order valence-electron chi connectivity index (χ4n) is 1.78. The molecule has 7 heteroatoms. The van der Waals surface area contributed by atoms with E-state index in [-0.39, 0.29) is 10.9 Å². The van der Waals surface area contributed by atoms with Crippen molar-refractivity contribution in [2.45, 2.75) is 6.92 Å². The molecule has 0 bridgehead atoms. The zero-order chi connectivity index (χ0) is 15.7. The van der Waals surface area contributed by atoms with Crippen molar-refractivity contribution in [3.63, 3.8) is 0 Å². The van der Waals surface area contributed by atoms with Gasteiger partial charge in [-0.25, -0.2) is 4.39 Å². The minimum atomic E-state index is -0.493. The minimum absolute atomic E-state index is 0.107. The van der Waals surface area contributed by atoms with E-state index >= 15 is 0 Å². The van der Waals surface area contributed by atoms with E-state index in [9.17, 15) is 9.18 Å². The zero-order valence-corrected chi connectivity index (χ0v) is 14.7. The first-order chi connectivity index (χ1) is 9.79. The molecule has 0 aromatic heterocycles. The van der Waals surface area contributed by atoms with E-state index in [0.717, 1.165) is 6.07 Å². The molecule has 0 spiro atoms. The van der Waals surface area contributed by atoms with Crippen molar-refractivity contribution >= 4 is 60.7 Å². The van der Waals surface area contributed by atoms with E-state index in [1.165, 1.54) is 6.07 Å². The number of nitrogens with two attached hydrogens (primary N) is 1. The van der Waals surface area contributed by atoms with E-state index in [4.69, 9.17) is 17.3 Å². The van der Waals surface area contributed by atoms with Crippen LogP contribution < -0.4 is 11.1 Å². The summed E-state index contributed by atoms with van der Waals surface area (Å²) in [7, 11) is 0. The highest BCUT2D eigenvalue weighted by Crippen LogP contribution is 2.32. The Hall–Kier alpha value is -1.11. The van der Waals surface area contributed by atoms with Crippen LogP contribution in [0.2, 0.25) is 5.02 Å². The third kappa shape index (κ3) is 3.56. The van der Waals surface area contributed by atoms with Crippen molar-refractivity contribution in [2.24, 2.45) is 0 Å². The number of hydrogen-bond donors (Lipinski definition) is 2. The average molecular weight is 437 g/mol. The summed E-state index contributed by atoms with van der Waals surface area (Å²) in [5.74, 6) is -0.873. The fourth-order valence-corrected chi connectivity index (χ4v) is 3.15. The van der Waals surface area contributed by atoms with Crippen molar-refractivity contribution in [2.75, 3.05) is 11.1 Å². The highest BCUT2D eigenvalue weighted by Gasteiger charge is 2.16. The van der Waals surface area contributed by atoms with Crippen molar-refractivity contribution in [1.82, 2.24) is 0 Å². The van der Waals surface area contributed by atoms with Crippen LogP contribution in [-0.2, 0) is 0 Å². The van der Waals surface area contributed by atoms with Crippen LogP contribution in [-0.4, -0.2) is 5.91 Å². The van der Waals surface area contributed by atoms with Crippen LogP contribution in [0.3, 0.4) is 0 Å². The molecular formula is C14H10Br2ClFN2O. The third-order valence-electron chi connectivity index (χ3n) is 2.90. The van der Waals surface area contributed by atoms with E-state index in [2.05, 4.69) is 37.2 Å². The molecule has 0 aliphatic rings. The second-order valence-electron chi connectivity index (χ2n) is 4.37. The van der Waals surface area contributed by atoms with Gasteiger partial charge in [0, 0.05) is 20.2 Å². The number of benzene rings is 2. The molecule has 0 saturated heterocycles. The van der Waals surface area contributed by atoms with Gasteiger partial charge in [0.15, 0.2) is 0 Å². The van der Waals surface area contributed by atoms with Gasteiger partial charge in [0.2, 0.25) is 0 Å². The molecule has 0 unspecified atom stereocenters. The number of halogens is 4. The predicted molar refractivity (Wildman–Crippen MR) is 90.4 cm³/mol. The maximum Gasteiger partial charge on any atom is 0.256 e. The minimum Gasteiger partial charge on any atom is -0.398 e. The lowest BCUT2D eigenvalue weighted by atomic mass is 10.1. The normalized spacial score (nSPS) is 10.5. The SMILES string of the molecule is Cc1c(N)cc(Br)cc1C(=O)Nc1c(Cl)cc(F)cc1Br. The summed E-state index contributed by atoms with van der Waals surface area (Å²) in [6.07, 6.45) is 0. The lowest BCUT2D eigenvalue weighted by Gasteiger charge is -2.12. The van der Waals surface area contributed by atoms with Crippen LogP contribution in [0.4, 0.5) is 15.8 Å². The molecule has 0 heterocycles. The number of carbonyl (C=O) groups is 1. The van der Waals surface area contributed by atoms with Crippen molar-refractivity contribution in [3.8, 4) is 0 Å². The number of nitrogen functional groups attached to an aromatic ring is 1. The summed E-state index contributed by atoms with van der Waals surface area (Å²) < 4.78 is 14.2. The molecular weight excluding hydrogens is 426 g/mol. The Bertz CT molecular complexity index is 714. The van der Waals surface area contributed by atoms with Crippen LogP contribution >= 0.6 is 43.5 Å². The summed E-state index contributed by atoms with van der Waals surface area (Å²) in [5, 5.41) is 2.76. The molecule has 0 aliphatic heterocycles. The Balaban J connectivity index is 2.40. The largest absolute Gasteiger partial charge is 0.398 e. The van der Waals surface area contributed by atoms with Gasteiger partial charge in [-0.2, -0.15) is 0 Å². The summed E-state index contributed by atoms with van der Waals surface area (Å²) in [4.78, 5) is 12.4. The van der Waals surface area contributed by atoms with Crippen LogP contribution in [0.25, 0.3) is 0 Å². The van der Waals surface area contributed by atoms with Crippen LogP contribution in [0.5, 0.6) is 0 Å². The van der Waals surface area contributed by atoms with Crippen molar-refractivity contribution in [3.05, 3.63) is 55.2 Å². The van der Waals surface area contributed by atoms with E-state index in [1.54, 1.807) is 19.1 Å². The van der Waals surface area contributed by atoms with Gasteiger partial charge in [0.05, 0.1) is 10.7 Å². The summed E-state index contributed by atoms with van der Waals surface area (Å²) in [5.41, 5.74) is 7.71. The molecule has 2 aromatic rings. The standard InChI is InChI=1S/C14H10Br2ClFN2O/c1-6-9(2-7(15)3-12(6)19)14(21)20-13-10(16)4-8(18)5-11(13)17/h2-5H,19H2,1H3,(H,20,21). The summed E-state index contributed by atoms with van der Waals surface area (Å²) in [6, 6.07) is 5.73. The molecule has 3 N–H and O–H groups in total. The van der Waals surface area contributed by atoms with Gasteiger partial charge in [0.25, 0.3) is 5.91 Å². The smallest absolute Gasteiger partial charge is 0.256 e. The Morgan fingerprint density at radius 1 is 1.29 bits per heavy atom. The molecule has 0 atom stereocenters. The van der Waals surface area contributed by atoms with Crippen LogP contribution in [0.15, 0.2) is 33.2 Å². The van der Waals surface area contributed by atoms with Crippen molar-refractivity contribution in [1.29, 1.82) is 0 Å². The average Bonchev–Trinajstić information content (AvgIpc) is 2.37. The maximum absolute atomic E-state index is 13.2. The topological polar surface area (TPSA) is 55.1 Å². The first kappa shape index (κ1) is 16.3. The Labute approximate surface area is 142 Å². The summed E-state index contributed by atoms with van der Waals surface area (Å²) >= 11 is 12.4. The number of carbonyl (C=O) groups excluding carboxylic acids is 1. The molecule has 2 aromatic carbocycles. The highest BCUT2D eigenvalue weighted by atomic mass is 79.9. The Morgan fingerprint density at radius 2 is 1.95 bits per heavy atom. The zero-order valence-electron chi connectivity index (χ0n) is 10.8. The molecule has 21 heavy (non-hydrogen) atoms. The first-order valence-electron chi connectivity index (χ1n) is 5.81. The molecule has 0 fully saturated rings. The Kier molecular flexibility index (Phi) is 4.91. The van der Waals surface area contributed by atoms with Gasteiger partial charge in [0.1, 0.15) is 5.82 Å². The van der Waals surface area contributed by atoms with Gasteiger partial charge in [-0.3, -0.25) is 4.79 Å². The summed E-state index contributed by atoms with van der Waals surface area (Å²) in [6.45, 7) is 1.75. The Morgan fingerprint density at radius 3 is 2.57 bits per heavy atom. The van der Waals surface area contributed by atoms with Gasteiger partial charge in [-0.05, 0) is 52.7 Å². The second-order valence-corrected chi connectivity index (χ2v) is 6.54. The first-order valence-corrected chi connectivity index (χ1v) is 7.77. The van der Waals surface area contributed by atoms with Crippen molar-refractivity contribution < 1.29 is 9.18 Å². The van der Waals surface area contributed by atoms with E-state index < -0.39 is 5.82 Å². The number of anilines is 2. The molecule has 3 nitrogen and oxygen atoms in total. The van der Waals surface area contributed by atoms with Gasteiger partial charge in [-0.15, -0.1) is 0 Å². The predicted octanol–water partition coefficient (Wildman–Crippen LogP) is 5.15. The third-order valence-corrected chi connectivity index (χ3v) is 4.28. The second kappa shape index (κ2) is 6.34. The molecule has 0 saturated carbocycles. The lowest BCUT2D eigenvalue weighted by Crippen LogP contribution is -2.15. The maximum atomic E-state index is 13.2. The fraction of sp³-hybridized carbons (Fsp3) is 0.0714. The number of hydrogen-bond acceptors (Lipinski definition) is 2. The van der Waals surface area contributed by atoms with Crippen LogP contribution in [0, 0.1) is 12.7 Å². The highest BCUT2D eigenvalue weighted by molar-refractivity contribution is 9.10. The van der Waals surface area contributed by atoms with Gasteiger partial charge >= 0.3 is 0 Å². The lowest BCUT2D eigenvalue weighted by molar-refractivity contribution is 0.102. The number of amides is 1. The number of nitrogens with one attached hydrogen (secondary N) is 1. The molecule has 1 amide bonds. The molecule has 110 valence electrons. The quantitative estimate of drug-likeness (QED) is 0.640. The monoisotopic (exact) mass is 434 g/mol. The van der Waals surface area contributed by atoms with Gasteiger partial charge < -0.3 is 11.1 Å². The number of rotatable bonds is 2. The van der Waals surface area contributed by atoms with E-state index in [1.807, 2.05) is 0 Å². The molecule has 0 radical (unpaired) electrons. The van der Waals surface area contributed by atoms with Gasteiger partial charge in [-0.1, -0.05) is 27.5 Å². The molecule has 0 aliphatic carbocycles.